The summed E-state index contributed by atoms with van der Waals surface area (Å²) in [6.07, 6.45) is 3.03. The smallest absolute Gasteiger partial charge is 0.343 e. The summed E-state index contributed by atoms with van der Waals surface area (Å²) in [5.41, 5.74) is 3.34. The maximum Gasteiger partial charge on any atom is 0.343 e. The number of carbonyl (C=O) groups excluding carboxylic acids is 1. The van der Waals surface area contributed by atoms with Crippen LogP contribution in [-0.4, -0.2) is 41.7 Å². The maximum atomic E-state index is 13.0. The van der Waals surface area contributed by atoms with Gasteiger partial charge in [-0.05, 0) is 94.6 Å². The molecule has 3 aromatic carbocycles. The highest BCUT2D eigenvalue weighted by atomic mass is 16.5. The first-order valence-electron chi connectivity index (χ1n) is 13.2. The highest BCUT2D eigenvalue weighted by Gasteiger charge is 2.22. The van der Waals surface area contributed by atoms with Crippen molar-refractivity contribution in [2.24, 2.45) is 0 Å². The zero-order valence-electron chi connectivity index (χ0n) is 22.8. The number of hydrogen-bond donors (Lipinski definition) is 1. The lowest BCUT2D eigenvalue weighted by Gasteiger charge is -2.30. The molecule has 3 aromatic rings. The van der Waals surface area contributed by atoms with Crippen molar-refractivity contribution in [1.82, 2.24) is 4.90 Å². The fraction of sp³-hybridized carbons (Fsp3) is 0.406. The average molecular weight is 504 g/mol. The Labute approximate surface area is 222 Å². The number of rotatable bonds is 13. The minimum atomic E-state index is -0.419. The Morgan fingerprint density at radius 2 is 1.57 bits per heavy atom. The van der Waals surface area contributed by atoms with Crippen molar-refractivity contribution in [1.29, 1.82) is 0 Å². The normalized spacial score (nSPS) is 12.2. The number of benzene rings is 3. The maximum absolute atomic E-state index is 13.0. The van der Waals surface area contributed by atoms with Crippen molar-refractivity contribution in [2.75, 3.05) is 13.7 Å². The number of aliphatic hydroxyl groups is 1. The molecule has 0 spiro atoms. The minimum Gasteiger partial charge on any atom is -0.497 e. The number of hydrogen-bond acceptors (Lipinski definition) is 5. The van der Waals surface area contributed by atoms with Crippen molar-refractivity contribution in [3.8, 4) is 11.5 Å². The van der Waals surface area contributed by atoms with E-state index in [0.717, 1.165) is 36.9 Å². The molecule has 1 atom stereocenters. The monoisotopic (exact) mass is 503 g/mol. The first-order chi connectivity index (χ1) is 17.8. The van der Waals surface area contributed by atoms with Gasteiger partial charge in [-0.1, -0.05) is 42.8 Å². The Morgan fingerprint density at radius 1 is 0.892 bits per heavy atom. The highest BCUT2D eigenvalue weighted by Crippen LogP contribution is 2.37. The number of unbranched alkanes of at least 4 members (excludes halogenated alkanes) is 1. The Balaban J connectivity index is 1.87. The molecule has 0 saturated carbocycles. The van der Waals surface area contributed by atoms with E-state index in [2.05, 4.69) is 44.7 Å². The van der Waals surface area contributed by atoms with Crippen LogP contribution in [-0.2, 0) is 6.61 Å². The zero-order chi connectivity index (χ0) is 26.8. The number of esters is 1. The van der Waals surface area contributed by atoms with E-state index in [1.165, 1.54) is 5.56 Å². The molecule has 0 aliphatic carbocycles. The summed E-state index contributed by atoms with van der Waals surface area (Å²) in [7, 11) is 1.59. The van der Waals surface area contributed by atoms with Crippen LogP contribution in [0.4, 0.5) is 0 Å². The van der Waals surface area contributed by atoms with Crippen LogP contribution in [0, 0.1) is 0 Å². The molecule has 37 heavy (non-hydrogen) atoms. The molecule has 0 aliphatic rings. The molecule has 0 heterocycles. The van der Waals surface area contributed by atoms with Crippen LogP contribution in [0.2, 0.25) is 0 Å². The van der Waals surface area contributed by atoms with Crippen molar-refractivity contribution in [2.45, 2.75) is 71.6 Å². The van der Waals surface area contributed by atoms with Crippen LogP contribution < -0.4 is 9.47 Å². The fourth-order valence-corrected chi connectivity index (χ4v) is 4.89. The van der Waals surface area contributed by atoms with Crippen LogP contribution in [0.1, 0.15) is 79.9 Å². The largest absolute Gasteiger partial charge is 0.497 e. The Hall–Kier alpha value is -3.15. The molecule has 0 aromatic heterocycles. The van der Waals surface area contributed by atoms with Gasteiger partial charge in [0.05, 0.1) is 19.3 Å². The summed E-state index contributed by atoms with van der Waals surface area (Å²) in [5.74, 6) is 0.829. The van der Waals surface area contributed by atoms with Gasteiger partial charge in [-0.25, -0.2) is 4.79 Å². The van der Waals surface area contributed by atoms with Crippen LogP contribution in [0.15, 0.2) is 72.8 Å². The van der Waals surface area contributed by atoms with E-state index in [4.69, 9.17) is 9.47 Å². The summed E-state index contributed by atoms with van der Waals surface area (Å²) >= 11 is 0. The second-order valence-corrected chi connectivity index (χ2v) is 10.0. The molecule has 198 valence electrons. The van der Waals surface area contributed by atoms with Gasteiger partial charge in [0.15, 0.2) is 0 Å². The van der Waals surface area contributed by atoms with Gasteiger partial charge in [0, 0.05) is 23.6 Å². The standard InChI is InChI=1S/C32H41NO4/c1-23(2)33(24(3)4)20-10-9-13-29(26-11-7-6-8-12-26)30-21-25(22-34)14-19-31(30)37-32(35)27-15-17-28(36-5)18-16-27/h6-8,11-12,14-19,21,23-24,29,34H,9-10,13,20,22H2,1-5H3. The molecule has 0 amide bonds. The van der Waals surface area contributed by atoms with E-state index in [0.29, 0.717) is 29.1 Å². The third-order valence-corrected chi connectivity index (χ3v) is 6.85. The first kappa shape index (κ1) is 28.4. The van der Waals surface area contributed by atoms with Crippen LogP contribution in [0.5, 0.6) is 11.5 Å². The quantitative estimate of drug-likeness (QED) is 0.157. The lowest BCUT2D eigenvalue weighted by Crippen LogP contribution is -2.37. The molecule has 0 radical (unpaired) electrons. The molecular formula is C32H41NO4. The van der Waals surface area contributed by atoms with Crippen LogP contribution in [0.25, 0.3) is 0 Å². The number of carbonyl (C=O) groups is 1. The summed E-state index contributed by atoms with van der Waals surface area (Å²) in [5, 5.41) is 9.87. The van der Waals surface area contributed by atoms with Crippen molar-refractivity contribution in [3.05, 3.63) is 95.1 Å². The first-order valence-corrected chi connectivity index (χ1v) is 13.2. The Morgan fingerprint density at radius 3 is 2.16 bits per heavy atom. The summed E-state index contributed by atoms with van der Waals surface area (Å²) in [6, 6.07) is 23.9. The van der Waals surface area contributed by atoms with Crippen molar-refractivity contribution in [3.63, 3.8) is 0 Å². The topological polar surface area (TPSA) is 59.0 Å². The molecule has 1 unspecified atom stereocenters. The summed E-state index contributed by atoms with van der Waals surface area (Å²) in [4.78, 5) is 15.5. The molecule has 0 fully saturated rings. The van der Waals surface area contributed by atoms with Gasteiger partial charge >= 0.3 is 5.97 Å². The van der Waals surface area contributed by atoms with Gasteiger partial charge < -0.3 is 14.6 Å². The van der Waals surface area contributed by atoms with Crippen LogP contribution >= 0.6 is 0 Å². The van der Waals surface area contributed by atoms with Gasteiger partial charge in [-0.3, -0.25) is 4.90 Å². The van der Waals surface area contributed by atoms with E-state index in [1.807, 2.05) is 30.3 Å². The Kier molecular flexibility index (Phi) is 10.7. The van der Waals surface area contributed by atoms with Gasteiger partial charge in [-0.2, -0.15) is 0 Å². The van der Waals surface area contributed by atoms with E-state index in [9.17, 15) is 9.90 Å². The second kappa shape index (κ2) is 14.0. The molecule has 0 saturated heterocycles. The second-order valence-electron chi connectivity index (χ2n) is 10.0. The number of methoxy groups -OCH3 is 1. The molecule has 0 bridgehead atoms. The van der Waals surface area contributed by atoms with E-state index in [1.54, 1.807) is 37.4 Å². The van der Waals surface area contributed by atoms with Gasteiger partial charge in [0.1, 0.15) is 11.5 Å². The molecular weight excluding hydrogens is 462 g/mol. The lowest BCUT2D eigenvalue weighted by atomic mass is 9.85. The lowest BCUT2D eigenvalue weighted by molar-refractivity contribution is 0.0732. The SMILES string of the molecule is COc1ccc(C(=O)Oc2ccc(CO)cc2C(CCCCN(C(C)C)C(C)C)c2ccccc2)cc1. The Bertz CT molecular complexity index is 1100. The zero-order valence-corrected chi connectivity index (χ0v) is 22.8. The number of ether oxygens (including phenoxy) is 2. The van der Waals surface area contributed by atoms with E-state index < -0.39 is 5.97 Å². The number of nitrogens with zero attached hydrogens (tertiary/aromatic N) is 1. The van der Waals surface area contributed by atoms with Crippen molar-refractivity contribution < 1.29 is 19.4 Å². The molecule has 3 rings (SSSR count). The molecule has 1 N–H and O–H groups in total. The third kappa shape index (κ3) is 7.91. The minimum absolute atomic E-state index is 0.0397. The van der Waals surface area contributed by atoms with E-state index in [-0.39, 0.29) is 12.5 Å². The summed E-state index contributed by atoms with van der Waals surface area (Å²) in [6.45, 7) is 9.96. The van der Waals surface area contributed by atoms with Gasteiger partial charge in [-0.15, -0.1) is 0 Å². The van der Waals surface area contributed by atoms with Crippen LogP contribution in [0.3, 0.4) is 0 Å². The van der Waals surface area contributed by atoms with Gasteiger partial charge in [0.25, 0.3) is 0 Å². The average Bonchev–Trinajstić information content (AvgIpc) is 2.91. The number of aliphatic hydroxyl groups excluding tert-OH is 1. The summed E-state index contributed by atoms with van der Waals surface area (Å²) < 4.78 is 11.1. The third-order valence-electron chi connectivity index (χ3n) is 6.85. The predicted molar refractivity (Wildman–Crippen MR) is 149 cm³/mol. The fourth-order valence-electron chi connectivity index (χ4n) is 4.89. The molecule has 0 aliphatic heterocycles. The predicted octanol–water partition coefficient (Wildman–Crippen LogP) is 6.83. The molecule has 5 nitrogen and oxygen atoms in total. The van der Waals surface area contributed by atoms with Crippen molar-refractivity contribution >= 4 is 5.97 Å². The highest BCUT2D eigenvalue weighted by molar-refractivity contribution is 5.91. The van der Waals surface area contributed by atoms with E-state index >= 15 is 0 Å². The van der Waals surface area contributed by atoms with Gasteiger partial charge in [0.2, 0.25) is 0 Å². The molecule has 5 heteroatoms.